The zero-order chi connectivity index (χ0) is 91.7. The van der Waals surface area contributed by atoms with Crippen LogP contribution in [0.1, 0.15) is 342 Å². The smallest absolute Gasteiger partial charge is 0.407 e. The average molecular weight is 1790 g/mol. The number of rotatable bonds is 75. The Morgan fingerprint density at radius 1 is 0.254 bits per heavy atom. The van der Waals surface area contributed by atoms with Crippen LogP contribution >= 0.6 is 0 Å². The number of unbranched alkanes of at least 4 members (excludes halogenated alkanes) is 36. The van der Waals surface area contributed by atoms with Crippen LogP contribution in [-0.4, -0.2) is 70.7 Å². The molecule has 0 aliphatic carbocycles. The molecular weight excluding hydrogens is 1630 g/mol. The van der Waals surface area contributed by atoms with Gasteiger partial charge < -0.3 is 67.5 Å². The van der Waals surface area contributed by atoms with Gasteiger partial charge in [0.25, 0.3) is 0 Å². The van der Waals surface area contributed by atoms with Gasteiger partial charge in [-0.05, 0) is 187 Å². The normalized spacial score (nSPS) is 11.6. The molecule has 17 heteroatoms. The number of hydrogen-bond donors (Lipinski definition) is 2. The highest BCUT2D eigenvalue weighted by Crippen LogP contribution is 2.35. The third-order valence-electron chi connectivity index (χ3n) is 24.0. The number of methoxy groups -OCH3 is 2. The molecule has 0 aromatic heterocycles. The molecule has 17 nitrogen and oxygen atoms in total. The van der Waals surface area contributed by atoms with Gasteiger partial charge in [0.15, 0.2) is 11.5 Å². The Labute approximate surface area is 781 Å². The van der Waals surface area contributed by atoms with E-state index < -0.39 is 30.1 Å². The van der Waals surface area contributed by atoms with E-state index in [2.05, 4.69) is 129 Å². The number of ether oxygens (including phenoxy) is 12. The Morgan fingerprint density at radius 3 is 0.931 bits per heavy atom. The van der Waals surface area contributed by atoms with Crippen molar-refractivity contribution in [1.29, 1.82) is 0 Å². The minimum absolute atomic E-state index is 0.0929. The van der Waals surface area contributed by atoms with Crippen LogP contribution in [0.15, 0.2) is 176 Å². The zero-order valence-corrected chi connectivity index (χ0v) is 80.5. The standard InChI is InChI=1S/C113H160N2O15/c1-8-12-16-20-24-28-32-36-40-44-74-121-100-63-50-91(51-64-100)48-61-99-62-49-96(81-109(99)129-85-94-56-69-102(70-57-94)123-76-46-42-38-34-30-26-22-18-14-10-3)87-126-105-78-98(89-125-104-65-52-92(53-66-104)80-107(115-113(118)120-7)111(116)114-90(5)112(117)119-6)79-106(83-105)127-88-97-60-73-108(128-84-93-54-67-101(68-55-93)122-75-45-41-37-33-29-25-21-17-13-9-2)110(82-97)130-86-95-58-71-103(72-59-95)124-77-47-43-39-35-31-27-23-19-15-11-4/h49-60,62-73,78-79,81-83,90,107H,8-48,61,74-77,80,84-89H2,1-7H3,(H,114,116)(H,115,118). The Hall–Kier alpha value is -10.0. The van der Waals surface area contributed by atoms with Crippen molar-refractivity contribution in [2.24, 2.45) is 0 Å². The predicted molar refractivity (Wildman–Crippen MR) is 527 cm³/mol. The molecule has 0 bridgehead atoms. The predicted octanol–water partition coefficient (Wildman–Crippen LogP) is 29.1. The van der Waals surface area contributed by atoms with Crippen LogP contribution in [0.2, 0.25) is 0 Å². The number of esters is 1. The van der Waals surface area contributed by atoms with Gasteiger partial charge >= 0.3 is 12.1 Å². The van der Waals surface area contributed by atoms with Gasteiger partial charge in [0.2, 0.25) is 5.91 Å². The molecule has 0 aliphatic heterocycles. The lowest BCUT2D eigenvalue weighted by molar-refractivity contribution is -0.144. The molecule has 8 aromatic rings. The second-order valence-electron chi connectivity index (χ2n) is 35.3. The second kappa shape index (κ2) is 66.3. The maximum atomic E-state index is 13.5. The number of hydrogen-bond acceptors (Lipinski definition) is 15. The van der Waals surface area contributed by atoms with Crippen molar-refractivity contribution in [3.8, 4) is 57.5 Å². The molecule has 0 fully saturated rings. The van der Waals surface area contributed by atoms with Crippen molar-refractivity contribution in [3.63, 3.8) is 0 Å². The topological polar surface area (TPSA) is 186 Å². The van der Waals surface area contributed by atoms with Gasteiger partial charge in [-0.1, -0.05) is 338 Å². The van der Waals surface area contributed by atoms with Crippen LogP contribution in [0.25, 0.3) is 0 Å². The van der Waals surface area contributed by atoms with Crippen LogP contribution in [0.3, 0.4) is 0 Å². The minimum atomic E-state index is -1.06. The van der Waals surface area contributed by atoms with E-state index in [1.807, 2.05) is 72.8 Å². The second-order valence-corrected chi connectivity index (χ2v) is 35.3. The van der Waals surface area contributed by atoms with Gasteiger partial charge in [-0.3, -0.25) is 4.79 Å². The maximum absolute atomic E-state index is 13.5. The fourth-order valence-corrected chi connectivity index (χ4v) is 15.9. The third-order valence-corrected chi connectivity index (χ3v) is 24.0. The molecule has 2 atom stereocenters. The van der Waals surface area contributed by atoms with E-state index in [0.29, 0.717) is 74.0 Å². The first-order chi connectivity index (χ1) is 63.9. The van der Waals surface area contributed by atoms with E-state index in [0.717, 1.165) is 113 Å². The number of nitrogens with one attached hydrogen (secondary N) is 2. The SMILES string of the molecule is CCCCCCCCCCCCOc1ccc(CCc2ccc(COc3cc(COc4ccc(CC(NC(=O)OC)C(=O)NC(C)C(=O)OC)cc4)cc(OCc4ccc(OCc5ccc(OCCCCCCCCCCCC)cc5)c(OCc5ccc(OCCCCCCCCCCCC)cc5)c4)c3)cc2OCc2ccc(OCCCCCCCCCCCC)cc2)cc1. The largest absolute Gasteiger partial charge is 0.494 e. The Balaban J connectivity index is 0.987. The number of amides is 2. The van der Waals surface area contributed by atoms with Crippen LogP contribution in [0.5, 0.6) is 57.5 Å². The lowest BCUT2D eigenvalue weighted by Gasteiger charge is -2.20. The first-order valence-corrected chi connectivity index (χ1v) is 50.2. The molecule has 2 amide bonds. The average Bonchev–Trinajstić information content (AvgIpc) is 0.871. The lowest BCUT2D eigenvalue weighted by Crippen LogP contribution is -2.51. The summed E-state index contributed by atoms with van der Waals surface area (Å²) < 4.78 is 74.8. The van der Waals surface area contributed by atoms with Gasteiger partial charge in [-0.25, -0.2) is 9.59 Å². The van der Waals surface area contributed by atoms with E-state index in [-0.39, 0.29) is 26.2 Å². The first kappa shape index (κ1) is 105. The Morgan fingerprint density at radius 2 is 0.554 bits per heavy atom. The first-order valence-electron chi connectivity index (χ1n) is 50.2. The van der Waals surface area contributed by atoms with E-state index >= 15 is 0 Å². The number of benzene rings is 8. The summed E-state index contributed by atoms with van der Waals surface area (Å²) in [6.45, 7) is 14.9. The van der Waals surface area contributed by atoms with Crippen molar-refractivity contribution in [2.45, 2.75) is 362 Å². The van der Waals surface area contributed by atoms with E-state index in [4.69, 9.17) is 56.8 Å². The number of aryl methyl sites for hydroxylation is 2. The van der Waals surface area contributed by atoms with Crippen LogP contribution in [0.4, 0.5) is 4.79 Å². The summed E-state index contributed by atoms with van der Waals surface area (Å²) in [4.78, 5) is 38.2. The van der Waals surface area contributed by atoms with Gasteiger partial charge in [0, 0.05) is 12.5 Å². The lowest BCUT2D eigenvalue weighted by atomic mass is 10.0. The Bertz CT molecular complexity index is 4070. The molecule has 8 aromatic carbocycles. The highest BCUT2D eigenvalue weighted by Gasteiger charge is 2.26. The fourth-order valence-electron chi connectivity index (χ4n) is 15.9. The molecule has 0 saturated heterocycles. The molecular formula is C113H160N2O15. The molecule has 712 valence electrons. The maximum Gasteiger partial charge on any atom is 0.407 e. The summed E-state index contributed by atoms with van der Waals surface area (Å²) in [6, 6.07) is 56.6. The van der Waals surface area contributed by atoms with Gasteiger partial charge in [0.1, 0.15) is 97.7 Å². The van der Waals surface area contributed by atoms with Gasteiger partial charge in [-0.15, -0.1) is 0 Å². The Kier molecular flexibility index (Phi) is 53.8. The molecule has 0 spiro atoms. The van der Waals surface area contributed by atoms with E-state index in [1.165, 1.54) is 258 Å². The molecule has 8 rings (SSSR count). The quantitative estimate of drug-likeness (QED) is 0.0271. The van der Waals surface area contributed by atoms with Crippen molar-refractivity contribution in [3.05, 3.63) is 226 Å². The van der Waals surface area contributed by atoms with Crippen LogP contribution in [-0.2, 0) is 78.0 Å². The van der Waals surface area contributed by atoms with Crippen molar-refractivity contribution < 1.29 is 71.2 Å². The molecule has 2 unspecified atom stereocenters. The molecule has 0 heterocycles. The van der Waals surface area contributed by atoms with Crippen molar-refractivity contribution in [2.75, 3.05) is 40.6 Å². The summed E-state index contributed by atoms with van der Waals surface area (Å²) in [5, 5.41) is 5.22. The fraction of sp³-hybridized carbons (Fsp3) is 0.549. The van der Waals surface area contributed by atoms with Gasteiger partial charge in [0.05, 0.1) is 40.6 Å². The van der Waals surface area contributed by atoms with Crippen LogP contribution < -0.4 is 58.0 Å². The summed E-state index contributed by atoms with van der Waals surface area (Å²) in [5.74, 6) is 5.88. The van der Waals surface area contributed by atoms with E-state index in [9.17, 15) is 14.4 Å². The summed E-state index contributed by atoms with van der Waals surface area (Å²) in [7, 11) is 2.46. The van der Waals surface area contributed by atoms with E-state index in [1.54, 1.807) is 12.1 Å². The summed E-state index contributed by atoms with van der Waals surface area (Å²) >= 11 is 0. The number of carbonyl (C=O) groups is 3. The highest BCUT2D eigenvalue weighted by atomic mass is 16.5. The molecule has 2 N–H and O–H groups in total. The summed E-state index contributed by atoms with van der Waals surface area (Å²) in [6.07, 6.45) is 52.2. The molecule has 0 radical (unpaired) electrons. The molecule has 0 aliphatic rings. The minimum Gasteiger partial charge on any atom is -0.494 e. The number of carbonyl (C=O) groups excluding carboxylic acids is 3. The molecule has 0 saturated carbocycles. The van der Waals surface area contributed by atoms with Crippen LogP contribution in [0, 0.1) is 0 Å². The monoisotopic (exact) mass is 1790 g/mol. The van der Waals surface area contributed by atoms with Crippen molar-refractivity contribution >= 4 is 18.0 Å². The zero-order valence-electron chi connectivity index (χ0n) is 80.5. The summed E-state index contributed by atoms with van der Waals surface area (Å²) in [5.41, 5.74) is 8.59. The van der Waals surface area contributed by atoms with Crippen molar-refractivity contribution in [1.82, 2.24) is 10.6 Å². The van der Waals surface area contributed by atoms with Gasteiger partial charge in [-0.2, -0.15) is 0 Å². The highest BCUT2D eigenvalue weighted by molar-refractivity contribution is 5.89. The third kappa shape index (κ3) is 45.2. The number of alkyl carbamates (subject to hydrolysis) is 1. The molecule has 130 heavy (non-hydrogen) atoms.